The Balaban J connectivity index is 2.00. The first-order valence-corrected chi connectivity index (χ1v) is 7.95. The lowest BCUT2D eigenvalue weighted by atomic mass is 9.97. The highest BCUT2D eigenvalue weighted by molar-refractivity contribution is 5.78. The molecule has 1 saturated heterocycles. The van der Waals surface area contributed by atoms with Crippen molar-refractivity contribution in [3.05, 3.63) is 35.4 Å². The summed E-state index contributed by atoms with van der Waals surface area (Å²) in [5.41, 5.74) is -0.896. The minimum atomic E-state index is -0.980. The minimum Gasteiger partial charge on any atom is -0.382 e. The van der Waals surface area contributed by atoms with Gasteiger partial charge in [-0.05, 0) is 6.07 Å². The molecule has 0 unspecified atom stereocenters. The maximum Gasteiger partial charge on any atom is 0.223 e. The lowest BCUT2D eigenvalue weighted by Crippen LogP contribution is -2.57. The minimum absolute atomic E-state index is 0.0540. The molecule has 0 aromatic heterocycles. The summed E-state index contributed by atoms with van der Waals surface area (Å²) < 4.78 is 37.7. The molecule has 1 N–H and O–H groups in total. The van der Waals surface area contributed by atoms with E-state index in [1.54, 1.807) is 4.90 Å². The quantitative estimate of drug-likeness (QED) is 0.833. The third kappa shape index (κ3) is 4.96. The molecule has 0 radical (unpaired) electrons. The van der Waals surface area contributed by atoms with E-state index in [9.17, 15) is 18.4 Å². The van der Waals surface area contributed by atoms with E-state index in [0.29, 0.717) is 13.2 Å². The van der Waals surface area contributed by atoms with Crippen LogP contribution in [0, 0.1) is 11.6 Å². The number of carbonyl (C=O) groups is 2. The van der Waals surface area contributed by atoms with E-state index in [1.165, 1.54) is 26.2 Å². The van der Waals surface area contributed by atoms with Crippen molar-refractivity contribution in [1.82, 2.24) is 10.2 Å². The van der Waals surface area contributed by atoms with Crippen LogP contribution in [0.15, 0.2) is 18.2 Å². The molecule has 138 valence electrons. The standard InChI is InChI=1S/C17H22F2N2O4/c1-12(22)21-6-7-25-17(10-21,11-24-2)8-15(23)20-9-13-4-3-5-14(18)16(13)19/h3-5H,6-11H2,1-2H3,(H,20,23)/t17-/m1/s1. The fraction of sp³-hybridized carbons (Fsp3) is 0.529. The third-order valence-electron chi connectivity index (χ3n) is 4.09. The van der Waals surface area contributed by atoms with Crippen molar-refractivity contribution < 1.29 is 27.8 Å². The van der Waals surface area contributed by atoms with Crippen molar-refractivity contribution in [2.24, 2.45) is 0 Å². The Kier molecular flexibility index (Phi) is 6.44. The van der Waals surface area contributed by atoms with Crippen molar-refractivity contribution >= 4 is 11.8 Å². The summed E-state index contributed by atoms with van der Waals surface area (Å²) >= 11 is 0. The maximum atomic E-state index is 13.6. The van der Waals surface area contributed by atoms with Gasteiger partial charge in [0.2, 0.25) is 11.8 Å². The lowest BCUT2D eigenvalue weighted by molar-refractivity contribution is -0.165. The summed E-state index contributed by atoms with van der Waals surface area (Å²) in [7, 11) is 1.48. The first-order chi connectivity index (χ1) is 11.9. The van der Waals surface area contributed by atoms with Gasteiger partial charge in [0.25, 0.3) is 0 Å². The van der Waals surface area contributed by atoms with Gasteiger partial charge in [0.1, 0.15) is 5.60 Å². The molecule has 1 fully saturated rings. The number of ether oxygens (including phenoxy) is 2. The Labute approximate surface area is 145 Å². The van der Waals surface area contributed by atoms with Gasteiger partial charge in [-0.25, -0.2) is 8.78 Å². The highest BCUT2D eigenvalue weighted by Gasteiger charge is 2.39. The average Bonchev–Trinajstić information content (AvgIpc) is 2.56. The van der Waals surface area contributed by atoms with E-state index < -0.39 is 23.1 Å². The summed E-state index contributed by atoms with van der Waals surface area (Å²) in [5.74, 6) is -2.45. The number of halogens is 2. The Morgan fingerprint density at radius 1 is 1.40 bits per heavy atom. The molecule has 1 heterocycles. The predicted octanol–water partition coefficient (Wildman–Crippen LogP) is 1.23. The summed E-state index contributed by atoms with van der Waals surface area (Å²) in [6, 6.07) is 3.79. The molecular formula is C17H22F2N2O4. The van der Waals surface area contributed by atoms with Crippen molar-refractivity contribution in [1.29, 1.82) is 0 Å². The van der Waals surface area contributed by atoms with Crippen molar-refractivity contribution in [3.63, 3.8) is 0 Å². The number of hydrogen-bond acceptors (Lipinski definition) is 4. The summed E-state index contributed by atoms with van der Waals surface area (Å²) in [6.45, 7) is 2.44. The molecule has 6 nitrogen and oxygen atoms in total. The molecule has 2 amide bonds. The molecule has 8 heteroatoms. The van der Waals surface area contributed by atoms with Gasteiger partial charge in [-0.2, -0.15) is 0 Å². The van der Waals surface area contributed by atoms with Crippen LogP contribution in [-0.2, 0) is 25.6 Å². The molecule has 0 spiro atoms. The highest BCUT2D eigenvalue weighted by Crippen LogP contribution is 2.23. The van der Waals surface area contributed by atoms with Gasteiger partial charge in [0, 0.05) is 32.7 Å². The van der Waals surface area contributed by atoms with Crippen LogP contribution in [0.25, 0.3) is 0 Å². The van der Waals surface area contributed by atoms with Gasteiger partial charge in [0.15, 0.2) is 11.6 Å². The topological polar surface area (TPSA) is 67.9 Å². The van der Waals surface area contributed by atoms with Crippen LogP contribution in [0.3, 0.4) is 0 Å². The molecule has 1 atom stereocenters. The highest BCUT2D eigenvalue weighted by atomic mass is 19.2. The van der Waals surface area contributed by atoms with E-state index in [0.717, 1.165) is 6.07 Å². The number of amides is 2. The predicted molar refractivity (Wildman–Crippen MR) is 85.6 cm³/mol. The fourth-order valence-corrected chi connectivity index (χ4v) is 2.86. The monoisotopic (exact) mass is 356 g/mol. The molecule has 0 saturated carbocycles. The smallest absolute Gasteiger partial charge is 0.223 e. The number of benzene rings is 1. The number of carbonyl (C=O) groups excluding carboxylic acids is 2. The number of methoxy groups -OCH3 is 1. The second-order valence-corrected chi connectivity index (χ2v) is 6.07. The summed E-state index contributed by atoms with van der Waals surface area (Å²) in [4.78, 5) is 25.5. The molecule has 2 rings (SSSR count). The first kappa shape index (κ1) is 19.3. The van der Waals surface area contributed by atoms with E-state index in [1.807, 2.05) is 0 Å². The molecule has 1 aromatic rings. The third-order valence-corrected chi connectivity index (χ3v) is 4.09. The van der Waals surface area contributed by atoms with Crippen LogP contribution in [0.2, 0.25) is 0 Å². The number of hydrogen-bond donors (Lipinski definition) is 1. The Morgan fingerprint density at radius 2 is 2.16 bits per heavy atom. The van der Waals surface area contributed by atoms with Crippen molar-refractivity contribution in [2.45, 2.75) is 25.5 Å². The van der Waals surface area contributed by atoms with Crippen LogP contribution >= 0.6 is 0 Å². The Bertz CT molecular complexity index is 637. The molecule has 25 heavy (non-hydrogen) atoms. The van der Waals surface area contributed by atoms with E-state index >= 15 is 0 Å². The van der Waals surface area contributed by atoms with Gasteiger partial charge in [0.05, 0.1) is 26.2 Å². The second-order valence-electron chi connectivity index (χ2n) is 6.07. The van der Waals surface area contributed by atoms with Crippen LogP contribution in [0.1, 0.15) is 18.9 Å². The summed E-state index contributed by atoms with van der Waals surface area (Å²) in [6.07, 6.45) is -0.0540. The normalized spacial score (nSPS) is 20.4. The SMILES string of the molecule is COC[C@@]1(CC(=O)NCc2cccc(F)c2F)CN(C(C)=O)CCO1. The van der Waals surface area contributed by atoms with Crippen LogP contribution in [0.4, 0.5) is 8.78 Å². The zero-order valence-electron chi connectivity index (χ0n) is 14.3. The van der Waals surface area contributed by atoms with Crippen LogP contribution in [0.5, 0.6) is 0 Å². The van der Waals surface area contributed by atoms with Crippen molar-refractivity contribution in [3.8, 4) is 0 Å². The van der Waals surface area contributed by atoms with E-state index in [2.05, 4.69) is 5.32 Å². The Hall–Kier alpha value is -2.06. The summed E-state index contributed by atoms with van der Waals surface area (Å²) in [5, 5.41) is 2.56. The largest absolute Gasteiger partial charge is 0.382 e. The van der Waals surface area contributed by atoms with E-state index in [4.69, 9.17) is 9.47 Å². The molecule has 0 bridgehead atoms. The first-order valence-electron chi connectivity index (χ1n) is 7.95. The maximum absolute atomic E-state index is 13.6. The van der Waals surface area contributed by atoms with Crippen molar-refractivity contribution in [2.75, 3.05) is 33.4 Å². The fourth-order valence-electron chi connectivity index (χ4n) is 2.86. The number of rotatable bonds is 6. The molecular weight excluding hydrogens is 334 g/mol. The molecule has 0 aliphatic carbocycles. The Morgan fingerprint density at radius 3 is 2.84 bits per heavy atom. The van der Waals surface area contributed by atoms with Gasteiger partial charge in [-0.1, -0.05) is 12.1 Å². The van der Waals surface area contributed by atoms with Gasteiger partial charge in [-0.3, -0.25) is 9.59 Å². The number of morpholine rings is 1. The van der Waals surface area contributed by atoms with Gasteiger partial charge in [-0.15, -0.1) is 0 Å². The second kappa shape index (κ2) is 8.35. The van der Waals surface area contributed by atoms with E-state index in [-0.39, 0.29) is 37.6 Å². The average molecular weight is 356 g/mol. The van der Waals surface area contributed by atoms with Crippen LogP contribution in [-0.4, -0.2) is 55.7 Å². The van der Waals surface area contributed by atoms with Gasteiger partial charge >= 0.3 is 0 Å². The molecule has 1 aromatic carbocycles. The lowest BCUT2D eigenvalue weighted by Gasteiger charge is -2.41. The zero-order chi connectivity index (χ0) is 18.4. The molecule has 1 aliphatic rings. The zero-order valence-corrected chi connectivity index (χ0v) is 14.3. The number of nitrogens with one attached hydrogen (secondary N) is 1. The molecule has 1 aliphatic heterocycles. The van der Waals surface area contributed by atoms with Crippen LogP contribution < -0.4 is 5.32 Å². The number of nitrogens with zero attached hydrogens (tertiary/aromatic N) is 1. The van der Waals surface area contributed by atoms with Gasteiger partial charge < -0.3 is 19.7 Å².